The van der Waals surface area contributed by atoms with Crippen LogP contribution in [0.2, 0.25) is 0 Å². The van der Waals surface area contributed by atoms with Gasteiger partial charge in [0.05, 0.1) is 12.6 Å². The predicted molar refractivity (Wildman–Crippen MR) is 73.6 cm³/mol. The van der Waals surface area contributed by atoms with Gasteiger partial charge in [0, 0.05) is 12.2 Å². The highest BCUT2D eigenvalue weighted by Gasteiger charge is 2.08. The quantitative estimate of drug-likeness (QED) is 0.804. The van der Waals surface area contributed by atoms with Crippen LogP contribution in [0.25, 0.3) is 0 Å². The third kappa shape index (κ3) is 5.29. The zero-order chi connectivity index (χ0) is 13.5. The molecule has 0 saturated carbocycles. The van der Waals surface area contributed by atoms with Gasteiger partial charge in [0.2, 0.25) is 5.91 Å². The first-order valence-electron chi connectivity index (χ1n) is 6.26. The number of amides is 1. The van der Waals surface area contributed by atoms with Crippen molar-refractivity contribution in [2.45, 2.75) is 26.4 Å². The van der Waals surface area contributed by atoms with Gasteiger partial charge in [-0.1, -0.05) is 19.1 Å². The van der Waals surface area contributed by atoms with Gasteiger partial charge in [0.1, 0.15) is 0 Å². The molecule has 0 aliphatic rings. The van der Waals surface area contributed by atoms with E-state index in [1.165, 1.54) is 5.56 Å². The number of benzene rings is 1. The van der Waals surface area contributed by atoms with Crippen LogP contribution < -0.4 is 5.32 Å². The highest BCUT2D eigenvalue weighted by molar-refractivity contribution is 5.92. The summed E-state index contributed by atoms with van der Waals surface area (Å²) in [6.07, 6.45) is 0.525. The number of carbonyl (C=O) groups is 1. The average molecular weight is 250 g/mol. The van der Waals surface area contributed by atoms with Gasteiger partial charge in [0.15, 0.2) is 0 Å². The maximum atomic E-state index is 11.8. The van der Waals surface area contributed by atoms with Crippen molar-refractivity contribution in [2.75, 3.05) is 25.5 Å². The number of nitrogens with zero attached hydrogens (tertiary/aromatic N) is 1. The molecule has 0 fully saturated rings. The summed E-state index contributed by atoms with van der Waals surface area (Å²) in [5.41, 5.74) is 2.02. The van der Waals surface area contributed by atoms with Gasteiger partial charge in [0.25, 0.3) is 0 Å². The maximum Gasteiger partial charge on any atom is 0.238 e. The standard InChI is InChI=1S/C14H22N2O2/c1-4-12-6-5-7-13(8-12)15-14(18)10-16(3)9-11(2)17/h5-8,11,17H,4,9-10H2,1-3H3,(H,15,18). The minimum atomic E-state index is -0.425. The molecule has 1 atom stereocenters. The van der Waals surface area contributed by atoms with E-state index in [1.54, 1.807) is 11.8 Å². The highest BCUT2D eigenvalue weighted by atomic mass is 16.3. The number of nitrogens with one attached hydrogen (secondary N) is 1. The average Bonchev–Trinajstić information content (AvgIpc) is 2.27. The molecule has 0 aliphatic heterocycles. The minimum absolute atomic E-state index is 0.0635. The number of aliphatic hydroxyl groups is 1. The zero-order valence-electron chi connectivity index (χ0n) is 11.3. The van der Waals surface area contributed by atoms with E-state index < -0.39 is 6.10 Å². The van der Waals surface area contributed by atoms with Crippen LogP contribution in [0.4, 0.5) is 5.69 Å². The molecular weight excluding hydrogens is 228 g/mol. The predicted octanol–water partition coefficient (Wildman–Crippen LogP) is 1.50. The second kappa shape index (κ2) is 7.13. The number of aryl methyl sites for hydroxylation is 1. The zero-order valence-corrected chi connectivity index (χ0v) is 11.3. The molecule has 2 N–H and O–H groups in total. The molecule has 1 amide bonds. The largest absolute Gasteiger partial charge is 0.392 e. The van der Waals surface area contributed by atoms with Crippen molar-refractivity contribution < 1.29 is 9.90 Å². The van der Waals surface area contributed by atoms with Gasteiger partial charge in [-0.25, -0.2) is 0 Å². The van der Waals surface area contributed by atoms with E-state index in [1.807, 2.05) is 31.3 Å². The van der Waals surface area contributed by atoms with Crippen molar-refractivity contribution in [1.82, 2.24) is 4.90 Å². The Balaban J connectivity index is 2.48. The van der Waals surface area contributed by atoms with Crippen LogP contribution in [-0.4, -0.2) is 42.2 Å². The summed E-state index contributed by atoms with van der Waals surface area (Å²) in [5, 5.41) is 12.1. The fourth-order valence-electron chi connectivity index (χ4n) is 1.83. The van der Waals surface area contributed by atoms with E-state index in [2.05, 4.69) is 12.2 Å². The maximum absolute atomic E-state index is 11.8. The van der Waals surface area contributed by atoms with Crippen LogP contribution in [0.3, 0.4) is 0 Å². The van der Waals surface area contributed by atoms with E-state index in [-0.39, 0.29) is 12.5 Å². The van der Waals surface area contributed by atoms with Gasteiger partial charge in [-0.15, -0.1) is 0 Å². The lowest BCUT2D eigenvalue weighted by Gasteiger charge is -2.17. The second-order valence-electron chi connectivity index (χ2n) is 4.65. The molecule has 100 valence electrons. The van der Waals surface area contributed by atoms with Crippen LogP contribution in [0, 0.1) is 0 Å². The lowest BCUT2D eigenvalue weighted by molar-refractivity contribution is -0.117. The molecule has 4 nitrogen and oxygen atoms in total. The van der Waals surface area contributed by atoms with E-state index in [9.17, 15) is 9.90 Å². The molecule has 1 aromatic carbocycles. The number of carbonyl (C=O) groups excluding carboxylic acids is 1. The summed E-state index contributed by atoms with van der Waals surface area (Å²) < 4.78 is 0. The first-order chi connectivity index (χ1) is 8.51. The molecule has 1 rings (SSSR count). The molecule has 0 aliphatic carbocycles. The van der Waals surface area contributed by atoms with Crippen molar-refractivity contribution >= 4 is 11.6 Å². The van der Waals surface area contributed by atoms with E-state index in [0.29, 0.717) is 6.54 Å². The Bertz CT molecular complexity index is 391. The third-order valence-electron chi connectivity index (χ3n) is 2.61. The first kappa shape index (κ1) is 14.7. The lowest BCUT2D eigenvalue weighted by atomic mass is 10.1. The van der Waals surface area contributed by atoms with E-state index in [4.69, 9.17) is 0 Å². The van der Waals surface area contributed by atoms with Gasteiger partial charge in [-0.2, -0.15) is 0 Å². The van der Waals surface area contributed by atoms with Crippen LogP contribution in [0.15, 0.2) is 24.3 Å². The molecule has 0 bridgehead atoms. The van der Waals surface area contributed by atoms with Crippen LogP contribution in [0.1, 0.15) is 19.4 Å². The number of hydrogen-bond acceptors (Lipinski definition) is 3. The van der Waals surface area contributed by atoms with Gasteiger partial charge >= 0.3 is 0 Å². The fraction of sp³-hybridized carbons (Fsp3) is 0.500. The molecule has 4 heteroatoms. The molecule has 1 unspecified atom stereocenters. The van der Waals surface area contributed by atoms with E-state index >= 15 is 0 Å². The summed E-state index contributed by atoms with van der Waals surface area (Å²) >= 11 is 0. The molecule has 0 spiro atoms. The molecular formula is C14H22N2O2. The van der Waals surface area contributed by atoms with Gasteiger partial charge in [-0.05, 0) is 38.1 Å². The highest BCUT2D eigenvalue weighted by Crippen LogP contribution is 2.10. The Kier molecular flexibility index (Phi) is 5.82. The molecule has 0 saturated heterocycles. The molecule has 0 radical (unpaired) electrons. The number of hydrogen-bond donors (Lipinski definition) is 2. The Labute approximate surface area is 109 Å². The number of anilines is 1. The molecule has 18 heavy (non-hydrogen) atoms. The summed E-state index contributed by atoms with van der Waals surface area (Å²) in [4.78, 5) is 13.6. The summed E-state index contributed by atoms with van der Waals surface area (Å²) in [6, 6.07) is 7.83. The van der Waals surface area contributed by atoms with E-state index in [0.717, 1.165) is 12.1 Å². The monoisotopic (exact) mass is 250 g/mol. The lowest BCUT2D eigenvalue weighted by Crippen LogP contribution is -2.34. The topological polar surface area (TPSA) is 52.6 Å². The number of rotatable bonds is 6. The number of aliphatic hydroxyl groups excluding tert-OH is 1. The van der Waals surface area contributed by atoms with Crippen molar-refractivity contribution in [3.63, 3.8) is 0 Å². The van der Waals surface area contributed by atoms with Gasteiger partial charge < -0.3 is 10.4 Å². The van der Waals surface area contributed by atoms with Crippen molar-refractivity contribution in [2.24, 2.45) is 0 Å². The Morgan fingerprint density at radius 2 is 2.22 bits per heavy atom. The fourth-order valence-corrected chi connectivity index (χ4v) is 1.83. The Morgan fingerprint density at radius 3 is 2.83 bits per heavy atom. The molecule has 0 aromatic heterocycles. The molecule has 1 aromatic rings. The first-order valence-corrected chi connectivity index (χ1v) is 6.26. The minimum Gasteiger partial charge on any atom is -0.392 e. The Morgan fingerprint density at radius 1 is 1.50 bits per heavy atom. The normalized spacial score (nSPS) is 12.5. The van der Waals surface area contributed by atoms with Crippen molar-refractivity contribution in [1.29, 1.82) is 0 Å². The number of likely N-dealkylation sites (N-methyl/N-ethyl adjacent to an activating group) is 1. The summed E-state index contributed by atoms with van der Waals surface area (Å²) in [6.45, 7) is 4.56. The SMILES string of the molecule is CCc1cccc(NC(=O)CN(C)CC(C)O)c1. The van der Waals surface area contributed by atoms with Crippen LogP contribution in [-0.2, 0) is 11.2 Å². The van der Waals surface area contributed by atoms with Crippen LogP contribution in [0.5, 0.6) is 0 Å². The van der Waals surface area contributed by atoms with Gasteiger partial charge in [-0.3, -0.25) is 9.69 Å². The van der Waals surface area contributed by atoms with Crippen molar-refractivity contribution in [3.05, 3.63) is 29.8 Å². The van der Waals surface area contributed by atoms with Crippen molar-refractivity contribution in [3.8, 4) is 0 Å². The summed E-state index contributed by atoms with van der Waals surface area (Å²) in [5.74, 6) is -0.0635. The third-order valence-corrected chi connectivity index (χ3v) is 2.61. The second-order valence-corrected chi connectivity index (χ2v) is 4.65. The van der Waals surface area contributed by atoms with Crippen LogP contribution >= 0.6 is 0 Å². The molecule has 0 heterocycles. The Hall–Kier alpha value is -1.39. The smallest absolute Gasteiger partial charge is 0.238 e. The summed E-state index contributed by atoms with van der Waals surface area (Å²) in [7, 11) is 1.81.